The molecule has 1 aliphatic carbocycles. The number of aliphatic hydroxyl groups is 1. The molecular weight excluding hydrogens is 322 g/mol. The van der Waals surface area contributed by atoms with Crippen molar-refractivity contribution in [1.29, 1.82) is 0 Å². The van der Waals surface area contributed by atoms with E-state index in [0.29, 0.717) is 11.5 Å². The number of aliphatic hydroxyl groups excluding tert-OH is 1. The molecule has 134 valence electrons. The SMILES string of the molecule is CC1(C)Oc2ccsc2[C@@H](NC2CCC3(CCOCC3)CC2)[C@@H]1O. The lowest BCUT2D eigenvalue weighted by Crippen LogP contribution is -2.54. The second kappa shape index (κ2) is 6.27. The molecule has 1 aromatic rings. The maximum absolute atomic E-state index is 10.8. The number of fused-ring (bicyclic) bond motifs is 1. The van der Waals surface area contributed by atoms with E-state index in [1.807, 2.05) is 19.9 Å². The second-order valence-corrected chi connectivity index (χ2v) is 9.28. The number of hydrogen-bond donors (Lipinski definition) is 2. The van der Waals surface area contributed by atoms with E-state index >= 15 is 0 Å². The van der Waals surface area contributed by atoms with Crippen molar-refractivity contribution in [2.45, 2.75) is 76.2 Å². The summed E-state index contributed by atoms with van der Waals surface area (Å²) in [7, 11) is 0. The van der Waals surface area contributed by atoms with Gasteiger partial charge < -0.3 is 19.9 Å². The summed E-state index contributed by atoms with van der Waals surface area (Å²) in [5.74, 6) is 0.935. The Bertz CT molecular complexity index is 569. The van der Waals surface area contributed by atoms with Gasteiger partial charge in [0.25, 0.3) is 0 Å². The van der Waals surface area contributed by atoms with E-state index in [1.54, 1.807) is 11.3 Å². The molecule has 3 aliphatic rings. The van der Waals surface area contributed by atoms with E-state index in [9.17, 15) is 5.11 Å². The van der Waals surface area contributed by atoms with Crippen molar-refractivity contribution in [2.24, 2.45) is 5.41 Å². The first-order valence-electron chi connectivity index (χ1n) is 9.27. The molecule has 2 atom stereocenters. The van der Waals surface area contributed by atoms with Gasteiger partial charge in [-0.1, -0.05) is 0 Å². The predicted octanol–water partition coefficient (Wildman–Crippen LogP) is 3.65. The van der Waals surface area contributed by atoms with E-state index in [4.69, 9.17) is 9.47 Å². The van der Waals surface area contributed by atoms with Gasteiger partial charge in [-0.25, -0.2) is 0 Å². The fraction of sp³-hybridized carbons (Fsp3) is 0.789. The zero-order chi connectivity index (χ0) is 16.8. The van der Waals surface area contributed by atoms with Crippen LogP contribution in [0.15, 0.2) is 11.4 Å². The lowest BCUT2D eigenvalue weighted by atomic mass is 9.68. The van der Waals surface area contributed by atoms with Gasteiger partial charge in [0.1, 0.15) is 17.5 Å². The molecule has 0 bridgehead atoms. The molecule has 0 amide bonds. The summed E-state index contributed by atoms with van der Waals surface area (Å²) in [6, 6.07) is 2.50. The van der Waals surface area contributed by atoms with Crippen LogP contribution in [-0.2, 0) is 4.74 Å². The molecular formula is C19H29NO3S. The van der Waals surface area contributed by atoms with Gasteiger partial charge in [-0.05, 0) is 69.2 Å². The Labute approximate surface area is 148 Å². The average molecular weight is 352 g/mol. The van der Waals surface area contributed by atoms with Crippen LogP contribution in [0, 0.1) is 5.41 Å². The average Bonchev–Trinajstić information content (AvgIpc) is 3.02. The summed E-state index contributed by atoms with van der Waals surface area (Å²) in [6.07, 6.45) is 6.89. The van der Waals surface area contributed by atoms with Gasteiger partial charge >= 0.3 is 0 Å². The molecule has 1 saturated heterocycles. The van der Waals surface area contributed by atoms with Crippen LogP contribution in [0.1, 0.15) is 63.3 Å². The highest BCUT2D eigenvalue weighted by Crippen LogP contribution is 2.46. The molecule has 1 spiro atoms. The van der Waals surface area contributed by atoms with Crippen molar-refractivity contribution in [3.8, 4) is 5.75 Å². The van der Waals surface area contributed by atoms with Gasteiger partial charge in [0.15, 0.2) is 0 Å². The molecule has 4 nitrogen and oxygen atoms in total. The van der Waals surface area contributed by atoms with Crippen LogP contribution in [0.25, 0.3) is 0 Å². The Morgan fingerprint density at radius 3 is 2.58 bits per heavy atom. The van der Waals surface area contributed by atoms with Crippen molar-refractivity contribution in [1.82, 2.24) is 5.32 Å². The van der Waals surface area contributed by atoms with Gasteiger partial charge in [0.05, 0.1) is 10.9 Å². The van der Waals surface area contributed by atoms with Gasteiger partial charge in [-0.2, -0.15) is 0 Å². The fourth-order valence-electron chi connectivity index (χ4n) is 4.63. The smallest absolute Gasteiger partial charge is 0.135 e. The highest BCUT2D eigenvalue weighted by Gasteiger charge is 2.45. The quantitative estimate of drug-likeness (QED) is 0.854. The van der Waals surface area contributed by atoms with Crippen LogP contribution >= 0.6 is 11.3 Å². The fourth-order valence-corrected chi connectivity index (χ4v) is 5.54. The van der Waals surface area contributed by atoms with Crippen LogP contribution in [0.2, 0.25) is 0 Å². The molecule has 0 radical (unpaired) electrons. The Morgan fingerprint density at radius 2 is 1.88 bits per heavy atom. The van der Waals surface area contributed by atoms with Gasteiger partial charge in [-0.15, -0.1) is 11.3 Å². The Hall–Kier alpha value is -0.620. The second-order valence-electron chi connectivity index (χ2n) is 8.33. The summed E-state index contributed by atoms with van der Waals surface area (Å²) in [5.41, 5.74) is -0.0274. The first-order chi connectivity index (χ1) is 11.5. The van der Waals surface area contributed by atoms with Crippen LogP contribution in [-0.4, -0.2) is 36.1 Å². The first kappa shape index (κ1) is 16.8. The monoisotopic (exact) mass is 351 g/mol. The van der Waals surface area contributed by atoms with Crippen molar-refractivity contribution in [2.75, 3.05) is 13.2 Å². The highest BCUT2D eigenvalue weighted by molar-refractivity contribution is 7.10. The topological polar surface area (TPSA) is 50.7 Å². The summed E-state index contributed by atoms with van der Waals surface area (Å²) >= 11 is 1.68. The largest absolute Gasteiger partial charge is 0.484 e. The van der Waals surface area contributed by atoms with E-state index < -0.39 is 11.7 Å². The number of rotatable bonds is 2. The normalized spacial score (nSPS) is 32.3. The standard InChI is InChI=1S/C19H29NO3S/c1-18(2)17(21)15(16-14(23-18)5-12-24-16)20-13-3-6-19(7-4-13)8-10-22-11-9-19/h5,12-13,15,17,20-21H,3-4,6-11H2,1-2H3/t15-,17+/m1/s1. The van der Waals surface area contributed by atoms with Crippen LogP contribution in [0.4, 0.5) is 0 Å². The lowest BCUT2D eigenvalue weighted by Gasteiger charge is -2.46. The van der Waals surface area contributed by atoms with Gasteiger partial charge in [0, 0.05) is 19.3 Å². The lowest BCUT2D eigenvalue weighted by molar-refractivity contribution is -0.0678. The molecule has 2 aliphatic heterocycles. The zero-order valence-corrected chi connectivity index (χ0v) is 15.5. The molecule has 4 rings (SSSR count). The molecule has 2 fully saturated rings. The predicted molar refractivity (Wildman–Crippen MR) is 95.7 cm³/mol. The number of nitrogens with one attached hydrogen (secondary N) is 1. The molecule has 2 N–H and O–H groups in total. The molecule has 5 heteroatoms. The Morgan fingerprint density at radius 1 is 1.17 bits per heavy atom. The van der Waals surface area contributed by atoms with Crippen LogP contribution in [0.3, 0.4) is 0 Å². The van der Waals surface area contributed by atoms with Gasteiger partial charge in [0.2, 0.25) is 0 Å². The highest BCUT2D eigenvalue weighted by atomic mass is 32.1. The maximum atomic E-state index is 10.8. The van der Waals surface area contributed by atoms with E-state index in [-0.39, 0.29) is 6.04 Å². The number of hydrogen-bond acceptors (Lipinski definition) is 5. The third kappa shape index (κ3) is 3.00. The number of ether oxygens (including phenoxy) is 2. The van der Waals surface area contributed by atoms with E-state index in [1.165, 1.54) is 38.5 Å². The molecule has 1 aromatic heterocycles. The Kier molecular flexibility index (Phi) is 4.40. The molecule has 3 heterocycles. The minimum atomic E-state index is -0.553. The van der Waals surface area contributed by atoms with Crippen molar-refractivity contribution < 1.29 is 14.6 Å². The number of thiophene rings is 1. The molecule has 24 heavy (non-hydrogen) atoms. The molecule has 0 aromatic carbocycles. The van der Waals surface area contributed by atoms with Gasteiger partial charge in [-0.3, -0.25) is 0 Å². The van der Waals surface area contributed by atoms with Crippen molar-refractivity contribution in [3.05, 3.63) is 16.3 Å². The third-order valence-electron chi connectivity index (χ3n) is 6.36. The maximum Gasteiger partial charge on any atom is 0.135 e. The van der Waals surface area contributed by atoms with Crippen molar-refractivity contribution >= 4 is 11.3 Å². The molecule has 0 unspecified atom stereocenters. The zero-order valence-electron chi connectivity index (χ0n) is 14.7. The van der Waals surface area contributed by atoms with E-state index in [0.717, 1.165) is 23.8 Å². The van der Waals surface area contributed by atoms with Crippen molar-refractivity contribution in [3.63, 3.8) is 0 Å². The van der Waals surface area contributed by atoms with Crippen LogP contribution in [0.5, 0.6) is 5.75 Å². The van der Waals surface area contributed by atoms with Crippen LogP contribution < -0.4 is 10.1 Å². The minimum absolute atomic E-state index is 0.0162. The summed E-state index contributed by atoms with van der Waals surface area (Å²) in [5, 5.41) is 16.7. The summed E-state index contributed by atoms with van der Waals surface area (Å²) in [6.45, 7) is 5.82. The third-order valence-corrected chi connectivity index (χ3v) is 7.34. The Balaban J connectivity index is 1.44. The first-order valence-corrected chi connectivity index (χ1v) is 10.2. The molecule has 1 saturated carbocycles. The summed E-state index contributed by atoms with van der Waals surface area (Å²) < 4.78 is 11.5. The van der Waals surface area contributed by atoms with E-state index in [2.05, 4.69) is 10.7 Å². The summed E-state index contributed by atoms with van der Waals surface area (Å²) in [4.78, 5) is 1.15. The minimum Gasteiger partial charge on any atom is -0.484 e.